The summed E-state index contributed by atoms with van der Waals surface area (Å²) in [6.07, 6.45) is 0. The van der Waals surface area contributed by atoms with Crippen molar-refractivity contribution < 1.29 is 0 Å². The molecule has 1 heterocycles. The van der Waals surface area contributed by atoms with Crippen molar-refractivity contribution in [3.05, 3.63) is 0 Å². The Kier molecular flexibility index (Phi) is 1.28. The zero-order valence-corrected chi connectivity index (χ0v) is 5.37. The maximum absolute atomic E-state index is 3.64. The predicted octanol–water partition coefficient (Wildman–Crippen LogP) is 0.198. The second-order valence-corrected chi connectivity index (χ2v) is 2.44. The average molecular weight is 139 g/mol. The van der Waals surface area contributed by atoms with E-state index in [0.29, 0.717) is 0 Å². The van der Waals surface area contributed by atoms with Gasteiger partial charge in [-0.15, -0.1) is 0 Å². The van der Waals surface area contributed by atoms with Gasteiger partial charge in [0, 0.05) is 0 Å². The van der Waals surface area contributed by atoms with Crippen molar-refractivity contribution in [2.45, 2.75) is 0 Å². The number of nitrogens with zero attached hydrogens (tertiary/aromatic N) is 4. The molecule has 0 amide bonds. The van der Waals surface area contributed by atoms with Gasteiger partial charge in [-0.2, -0.15) is 0 Å². The van der Waals surface area contributed by atoms with Gasteiger partial charge in [0.25, 0.3) is 0 Å². The molecule has 1 rings (SSSR count). The van der Waals surface area contributed by atoms with E-state index in [4.69, 9.17) is 0 Å². The molecule has 0 radical (unpaired) electrons. The standard InChI is InChI=1S/CHN4.Ga/c1-3-5-4-2;/h1H;. The second-order valence-electron chi connectivity index (χ2n) is 0.708. The van der Waals surface area contributed by atoms with Crippen molar-refractivity contribution in [2.24, 2.45) is 19.3 Å². The summed E-state index contributed by atoms with van der Waals surface area (Å²) in [5.74, 6) is 0. The van der Waals surface area contributed by atoms with E-state index >= 15 is 0 Å². The fourth-order valence-corrected chi connectivity index (χ4v) is 0.763. The van der Waals surface area contributed by atoms with Gasteiger partial charge in [0.2, 0.25) is 0 Å². The summed E-state index contributed by atoms with van der Waals surface area (Å²) in [6.45, 7) is 0. The van der Waals surface area contributed by atoms with Crippen LogP contribution >= 0.6 is 0 Å². The van der Waals surface area contributed by atoms with Crippen LogP contribution in [0.1, 0.15) is 0 Å². The summed E-state index contributed by atoms with van der Waals surface area (Å²) in [4.78, 5) is 0. The van der Waals surface area contributed by atoms with Crippen LogP contribution in [0.5, 0.6) is 0 Å². The first kappa shape index (κ1) is 3.88. The van der Waals surface area contributed by atoms with Gasteiger partial charge >= 0.3 is 41.3 Å². The van der Waals surface area contributed by atoms with E-state index in [-0.39, 0.29) is 0 Å². The van der Waals surface area contributed by atoms with Crippen molar-refractivity contribution in [1.29, 1.82) is 0 Å². The topological polar surface area (TPSA) is 49.4 Å². The monoisotopic (exact) mass is 138 g/mol. The van der Waals surface area contributed by atoms with Crippen LogP contribution in [0.3, 0.4) is 0 Å². The molecule has 0 unspecified atom stereocenters. The van der Waals surface area contributed by atoms with Gasteiger partial charge in [-0.1, -0.05) is 0 Å². The normalized spacial score (nSPS) is 14.7. The Labute approximate surface area is 41.9 Å². The van der Waals surface area contributed by atoms with Crippen LogP contribution in [0.2, 0.25) is 0 Å². The molecular formula is CHGaN4. The van der Waals surface area contributed by atoms with E-state index in [1.54, 1.807) is 4.77 Å². The fourth-order valence-electron chi connectivity index (χ4n) is 0.165. The number of hydrogen-bond donors (Lipinski definition) is 0. The van der Waals surface area contributed by atoms with Gasteiger partial charge in [-0.05, 0) is 0 Å². The molecule has 0 atom stereocenters. The van der Waals surface area contributed by atoms with Crippen LogP contribution in [0, 0.1) is 0 Å². The first-order valence-corrected chi connectivity index (χ1v) is 3.93. The van der Waals surface area contributed by atoms with Crippen LogP contribution in [0.25, 0.3) is 0 Å². The average Bonchev–Trinajstić information content (AvgIpc) is 1.72. The van der Waals surface area contributed by atoms with Crippen LogP contribution in [-0.2, 0) is 0 Å². The molecule has 5 heteroatoms. The molecule has 4 nitrogen and oxygen atoms in total. The Bertz CT molecular complexity index is 76.9. The molecule has 0 aromatic heterocycles. The molecule has 28 valence electrons. The molecule has 0 aliphatic carbocycles. The molecular weight excluding hydrogens is 138 g/mol. The Balaban J connectivity index is 2.77. The third-order valence-corrected chi connectivity index (χ3v) is 1.40. The van der Waals surface area contributed by atoms with Gasteiger partial charge < -0.3 is 0 Å². The summed E-state index contributed by atoms with van der Waals surface area (Å²) < 4.78 is 5.39. The Morgan fingerprint density at radius 3 is 2.50 bits per heavy atom. The molecule has 0 bridgehead atoms. The van der Waals surface area contributed by atoms with Gasteiger partial charge in [0.15, 0.2) is 0 Å². The van der Waals surface area contributed by atoms with Crippen molar-refractivity contribution in [3.63, 3.8) is 0 Å². The first-order chi connectivity index (χ1) is 3.00. The minimum atomic E-state index is -0.543. The molecule has 0 aromatic carbocycles. The summed E-state index contributed by atoms with van der Waals surface area (Å²) in [7, 11) is 0. The van der Waals surface area contributed by atoms with E-state index in [1.165, 1.54) is 0 Å². The SMILES string of the molecule is [CH]1=NN=N[N]=[Ga]1. The van der Waals surface area contributed by atoms with E-state index in [0.717, 1.165) is 0 Å². The van der Waals surface area contributed by atoms with E-state index in [2.05, 4.69) is 19.3 Å². The Morgan fingerprint density at radius 2 is 2.33 bits per heavy atom. The molecule has 0 saturated heterocycles. The summed E-state index contributed by atoms with van der Waals surface area (Å²) in [5.41, 5.74) is 0. The maximum atomic E-state index is 3.64. The van der Waals surface area contributed by atoms with Gasteiger partial charge in [0.1, 0.15) is 0 Å². The van der Waals surface area contributed by atoms with Crippen LogP contribution in [0.4, 0.5) is 0 Å². The molecule has 6 heavy (non-hydrogen) atoms. The van der Waals surface area contributed by atoms with Crippen molar-refractivity contribution in [2.75, 3.05) is 0 Å². The fraction of sp³-hybridized carbons (Fsp3) is 0. The van der Waals surface area contributed by atoms with Gasteiger partial charge in [0.05, 0.1) is 0 Å². The third kappa shape index (κ3) is 0.834. The summed E-state index contributed by atoms with van der Waals surface area (Å²) in [5, 5.41) is 10.0. The van der Waals surface area contributed by atoms with E-state index < -0.39 is 17.2 Å². The van der Waals surface area contributed by atoms with E-state index in [1.807, 2.05) is 0 Å². The molecule has 1 aliphatic heterocycles. The van der Waals surface area contributed by atoms with Crippen molar-refractivity contribution in [1.82, 2.24) is 0 Å². The van der Waals surface area contributed by atoms with Crippen molar-refractivity contribution >= 4 is 22.0 Å². The molecule has 0 fully saturated rings. The molecule has 0 spiro atoms. The van der Waals surface area contributed by atoms with Gasteiger partial charge in [-0.25, -0.2) is 0 Å². The van der Waals surface area contributed by atoms with Gasteiger partial charge in [-0.3, -0.25) is 0 Å². The molecule has 0 N–H and O–H groups in total. The summed E-state index contributed by atoms with van der Waals surface area (Å²) >= 11 is -0.543. The predicted molar refractivity (Wildman–Crippen MR) is 21.5 cm³/mol. The molecule has 0 aromatic rings. The molecule has 1 aliphatic rings. The van der Waals surface area contributed by atoms with Crippen molar-refractivity contribution in [3.8, 4) is 0 Å². The Morgan fingerprint density at radius 1 is 1.33 bits per heavy atom. The molecule has 0 saturated carbocycles. The van der Waals surface area contributed by atoms with Crippen LogP contribution in [0.15, 0.2) is 19.3 Å². The van der Waals surface area contributed by atoms with Crippen LogP contribution in [-0.4, -0.2) is 22.0 Å². The van der Waals surface area contributed by atoms with Crippen LogP contribution < -0.4 is 0 Å². The second kappa shape index (κ2) is 1.99. The minimum absolute atomic E-state index is 0.543. The first-order valence-electron chi connectivity index (χ1n) is 1.45. The quantitative estimate of drug-likeness (QED) is 0.430. The zero-order chi connectivity index (χ0) is 4.24. The Hall–Kier alpha value is -0.294. The zero-order valence-electron chi connectivity index (χ0n) is 2.94. The number of hydrogen-bond acceptors (Lipinski definition) is 4. The number of rotatable bonds is 0. The van der Waals surface area contributed by atoms with E-state index in [9.17, 15) is 0 Å². The summed E-state index contributed by atoms with van der Waals surface area (Å²) in [6, 6.07) is 0. The third-order valence-electron chi connectivity index (χ3n) is 0.343.